The first-order valence-electron chi connectivity index (χ1n) is 9.14. The van der Waals surface area contributed by atoms with Crippen molar-refractivity contribution in [3.05, 3.63) is 27.1 Å². The van der Waals surface area contributed by atoms with Gasteiger partial charge in [0.15, 0.2) is 0 Å². The molecule has 0 spiro atoms. The van der Waals surface area contributed by atoms with E-state index in [2.05, 4.69) is 10.1 Å². The van der Waals surface area contributed by atoms with Crippen molar-refractivity contribution in [3.8, 4) is 0 Å². The molecule has 7 nitrogen and oxygen atoms in total. The average Bonchev–Trinajstić information content (AvgIpc) is 3.03. The van der Waals surface area contributed by atoms with E-state index in [4.69, 9.17) is 4.74 Å². The number of hydrogen-bond acceptors (Lipinski definition) is 7. The van der Waals surface area contributed by atoms with Crippen LogP contribution in [-0.4, -0.2) is 26.4 Å². The van der Waals surface area contributed by atoms with Crippen molar-refractivity contribution >= 4 is 28.1 Å². The molecule has 2 heterocycles. The number of hydrogen-bond donors (Lipinski definition) is 0. The number of aryl methyl sites for hydroxylation is 1. The molecule has 4 rings (SSSR count). The average molecular weight is 375 g/mol. The van der Waals surface area contributed by atoms with Gasteiger partial charge >= 0.3 is 5.97 Å². The fourth-order valence-electron chi connectivity index (χ4n) is 4.05. The van der Waals surface area contributed by atoms with Crippen molar-refractivity contribution in [1.82, 2.24) is 14.6 Å². The monoisotopic (exact) mass is 375 g/mol. The molecule has 0 radical (unpaired) electrons. The summed E-state index contributed by atoms with van der Waals surface area (Å²) in [6.07, 6.45) is 4.78. The summed E-state index contributed by atoms with van der Waals surface area (Å²) in [5, 5.41) is 5.04. The van der Waals surface area contributed by atoms with Crippen LogP contribution in [0.1, 0.15) is 49.7 Å². The van der Waals surface area contributed by atoms with Gasteiger partial charge in [-0.15, -0.1) is 0 Å². The largest absolute Gasteiger partial charge is 0.459 e. The Morgan fingerprint density at radius 1 is 1.31 bits per heavy atom. The summed E-state index contributed by atoms with van der Waals surface area (Å²) in [5.41, 5.74) is 0.163. The quantitative estimate of drug-likeness (QED) is 0.761. The maximum Gasteiger partial charge on any atom is 0.309 e. The molecule has 2 saturated carbocycles. The van der Waals surface area contributed by atoms with Crippen molar-refractivity contribution in [2.45, 2.75) is 52.1 Å². The second-order valence-corrected chi connectivity index (χ2v) is 8.17. The van der Waals surface area contributed by atoms with E-state index in [1.165, 1.54) is 21.9 Å². The van der Waals surface area contributed by atoms with Gasteiger partial charge in [0, 0.05) is 17.9 Å². The van der Waals surface area contributed by atoms with E-state index in [0.29, 0.717) is 29.3 Å². The Kier molecular flexibility index (Phi) is 4.60. The summed E-state index contributed by atoms with van der Waals surface area (Å²) < 4.78 is 6.71. The Hall–Kier alpha value is -2.09. The zero-order chi connectivity index (χ0) is 18.3. The predicted octanol–water partition coefficient (Wildman–Crippen LogP) is 2.15. The summed E-state index contributed by atoms with van der Waals surface area (Å²) in [4.78, 5) is 41.6. The summed E-state index contributed by atoms with van der Waals surface area (Å²) in [5.74, 6) is -0.136. The minimum Gasteiger partial charge on any atom is -0.459 e. The van der Waals surface area contributed by atoms with E-state index >= 15 is 0 Å². The molecule has 2 aromatic rings. The Morgan fingerprint density at radius 3 is 2.73 bits per heavy atom. The molecular weight excluding hydrogens is 354 g/mol. The lowest BCUT2D eigenvalue weighted by molar-refractivity contribution is -0.154. The Morgan fingerprint density at radius 2 is 2.04 bits per heavy atom. The van der Waals surface area contributed by atoms with E-state index in [1.807, 2.05) is 6.92 Å². The van der Waals surface area contributed by atoms with Gasteiger partial charge in [0.1, 0.15) is 17.4 Å². The van der Waals surface area contributed by atoms with E-state index in [-0.39, 0.29) is 35.9 Å². The molecule has 8 heteroatoms. The van der Waals surface area contributed by atoms with Crippen molar-refractivity contribution in [1.29, 1.82) is 0 Å². The van der Waals surface area contributed by atoms with Gasteiger partial charge in [-0.2, -0.15) is 9.61 Å². The molecule has 3 atom stereocenters. The highest BCUT2D eigenvalue weighted by Gasteiger charge is 2.41. The summed E-state index contributed by atoms with van der Waals surface area (Å²) in [6.45, 7) is 1.94. The molecule has 0 aliphatic heterocycles. The Balaban J connectivity index is 1.44. The van der Waals surface area contributed by atoms with E-state index in [1.54, 1.807) is 0 Å². The molecule has 26 heavy (non-hydrogen) atoms. The predicted molar refractivity (Wildman–Crippen MR) is 94.9 cm³/mol. The van der Waals surface area contributed by atoms with E-state index in [0.717, 1.165) is 30.7 Å². The third kappa shape index (κ3) is 3.18. The highest BCUT2D eigenvalue weighted by atomic mass is 32.1. The third-order valence-electron chi connectivity index (χ3n) is 5.39. The molecule has 0 saturated heterocycles. The van der Waals surface area contributed by atoms with Gasteiger partial charge in [0.25, 0.3) is 5.56 Å². The highest BCUT2D eigenvalue weighted by Crippen LogP contribution is 2.40. The van der Waals surface area contributed by atoms with Crippen LogP contribution in [0.15, 0.2) is 10.9 Å². The molecule has 0 aromatic carbocycles. The first-order valence-corrected chi connectivity index (χ1v) is 9.96. The van der Waals surface area contributed by atoms with Crippen molar-refractivity contribution in [2.24, 2.45) is 17.8 Å². The molecule has 0 amide bonds. The van der Waals surface area contributed by atoms with E-state index in [9.17, 15) is 14.4 Å². The molecule has 2 bridgehead atoms. The van der Waals surface area contributed by atoms with Gasteiger partial charge < -0.3 is 4.74 Å². The normalized spacial score (nSPS) is 25.4. The van der Waals surface area contributed by atoms with Gasteiger partial charge in [0.05, 0.1) is 11.6 Å². The zero-order valence-corrected chi connectivity index (χ0v) is 15.5. The van der Waals surface area contributed by atoms with Crippen LogP contribution in [0.2, 0.25) is 0 Å². The molecule has 2 aliphatic carbocycles. The summed E-state index contributed by atoms with van der Waals surface area (Å²) in [6, 6.07) is 1.36. The van der Waals surface area contributed by atoms with E-state index < -0.39 is 0 Å². The SMILES string of the molecule is CCc1nn2c(=O)cc(COC(=O)C3C[C@H]4CCC[C@@H](C3)C4=O)nc2s1. The first kappa shape index (κ1) is 17.3. The van der Waals surface area contributed by atoms with Crippen LogP contribution in [0.5, 0.6) is 0 Å². The number of fused-ring (bicyclic) bond motifs is 3. The molecular formula is C18H21N3O4S. The Labute approximate surface area is 154 Å². The number of aromatic nitrogens is 3. The minimum absolute atomic E-state index is 0.0174. The fourth-order valence-corrected chi connectivity index (χ4v) is 4.91. The van der Waals surface area contributed by atoms with Crippen LogP contribution in [0.4, 0.5) is 0 Å². The molecule has 1 unspecified atom stereocenters. The lowest BCUT2D eigenvalue weighted by atomic mass is 9.67. The van der Waals surface area contributed by atoms with Crippen molar-refractivity contribution in [3.63, 3.8) is 0 Å². The molecule has 2 aliphatic rings. The number of ether oxygens (including phenoxy) is 1. The lowest BCUT2D eigenvalue weighted by Crippen LogP contribution is -2.39. The van der Waals surface area contributed by atoms with Crippen LogP contribution in [0.3, 0.4) is 0 Å². The van der Waals surface area contributed by atoms with Crippen LogP contribution in [0.25, 0.3) is 4.96 Å². The Bertz CT molecular complexity index is 903. The van der Waals surface area contributed by atoms with Crippen LogP contribution in [-0.2, 0) is 27.4 Å². The van der Waals surface area contributed by atoms with Crippen molar-refractivity contribution in [2.75, 3.05) is 0 Å². The first-order chi connectivity index (χ1) is 12.5. The van der Waals surface area contributed by atoms with Gasteiger partial charge in [0.2, 0.25) is 4.96 Å². The number of esters is 1. The van der Waals surface area contributed by atoms with Gasteiger partial charge in [-0.25, -0.2) is 4.98 Å². The highest BCUT2D eigenvalue weighted by molar-refractivity contribution is 7.16. The topological polar surface area (TPSA) is 90.6 Å². The number of carbonyl (C=O) groups excluding carboxylic acids is 2. The maximum absolute atomic E-state index is 12.5. The van der Waals surface area contributed by atoms with Crippen LogP contribution in [0, 0.1) is 17.8 Å². The van der Waals surface area contributed by atoms with Crippen LogP contribution < -0.4 is 5.56 Å². The third-order valence-corrected chi connectivity index (χ3v) is 6.44. The zero-order valence-electron chi connectivity index (χ0n) is 14.6. The number of ketones is 1. The minimum atomic E-state index is -0.282. The number of Topliss-reactive ketones (excluding diaryl/α,β-unsaturated/α-hetero) is 1. The number of carbonyl (C=O) groups is 2. The molecule has 2 aromatic heterocycles. The van der Waals surface area contributed by atoms with Gasteiger partial charge in [-0.1, -0.05) is 24.7 Å². The second kappa shape index (κ2) is 6.90. The van der Waals surface area contributed by atoms with Gasteiger partial charge in [-0.05, 0) is 32.1 Å². The molecule has 0 N–H and O–H groups in total. The molecule has 2 fully saturated rings. The number of rotatable bonds is 4. The summed E-state index contributed by atoms with van der Waals surface area (Å²) >= 11 is 1.36. The van der Waals surface area contributed by atoms with Gasteiger partial charge in [-0.3, -0.25) is 14.4 Å². The van der Waals surface area contributed by atoms with Crippen molar-refractivity contribution < 1.29 is 14.3 Å². The summed E-state index contributed by atoms with van der Waals surface area (Å²) in [7, 11) is 0. The maximum atomic E-state index is 12.5. The standard InChI is InChI=1S/C18H21N3O4S/c1-2-14-20-21-15(22)8-13(19-18(21)26-14)9-25-17(24)12-6-10-4-3-5-11(7-12)16(10)23/h8,10-12H,2-7,9H2,1H3/t10-,11+,12?. The molecule has 138 valence electrons. The number of nitrogens with zero attached hydrogens (tertiary/aromatic N) is 3. The smallest absolute Gasteiger partial charge is 0.309 e. The lowest BCUT2D eigenvalue weighted by Gasteiger charge is -2.36. The fraction of sp³-hybridized carbons (Fsp3) is 0.611. The van der Waals surface area contributed by atoms with Crippen LogP contribution >= 0.6 is 11.3 Å². The second-order valence-electron chi connectivity index (χ2n) is 7.13.